The van der Waals surface area contributed by atoms with E-state index in [9.17, 15) is 9.90 Å². The van der Waals surface area contributed by atoms with Crippen molar-refractivity contribution in [3.63, 3.8) is 0 Å². The van der Waals surface area contributed by atoms with Gasteiger partial charge in [-0.2, -0.15) is 0 Å². The summed E-state index contributed by atoms with van der Waals surface area (Å²) in [6.07, 6.45) is 2.09. The van der Waals surface area contributed by atoms with Crippen molar-refractivity contribution in [2.45, 2.75) is 32.1 Å². The maximum Gasteiger partial charge on any atom is 0.342 e. The summed E-state index contributed by atoms with van der Waals surface area (Å²) in [5.41, 5.74) is 7.30. The molecule has 0 amide bonds. The normalized spacial score (nSPS) is 14.6. The van der Waals surface area contributed by atoms with E-state index in [1.165, 1.54) is 12.7 Å². The Morgan fingerprint density at radius 1 is 1.19 bits per heavy atom. The molecular formula is C26H24BrClO3. The summed E-state index contributed by atoms with van der Waals surface area (Å²) in [5, 5.41) is 11.1. The second-order valence-electron chi connectivity index (χ2n) is 7.86. The second-order valence-corrected chi connectivity index (χ2v) is 9.15. The van der Waals surface area contributed by atoms with Crippen LogP contribution < -0.4 is 0 Å². The number of alkyl halides is 1. The predicted octanol–water partition coefficient (Wildman–Crippen LogP) is 6.78. The Morgan fingerprint density at radius 2 is 1.90 bits per heavy atom. The standard InChI is InChI=1S/C26H24BrClO3/c1-15-18(8-5-13-28)25(29)24(26(30)31-2)23-20-7-4-3-6-19(20)22(14-21(15)23)16-9-11-17(27)12-10-16/h3-4,6-7,9-12,22,29H,5,8,13-14H2,1-2H3. The van der Waals surface area contributed by atoms with Gasteiger partial charge in [-0.15, -0.1) is 11.6 Å². The van der Waals surface area contributed by atoms with Crippen LogP contribution in [0, 0.1) is 6.92 Å². The number of halogens is 2. The van der Waals surface area contributed by atoms with Crippen LogP contribution in [0.2, 0.25) is 0 Å². The van der Waals surface area contributed by atoms with Crippen molar-refractivity contribution in [1.82, 2.24) is 0 Å². The Hall–Kier alpha value is -2.30. The molecule has 0 saturated heterocycles. The topological polar surface area (TPSA) is 46.5 Å². The molecule has 1 aliphatic rings. The smallest absolute Gasteiger partial charge is 0.342 e. The van der Waals surface area contributed by atoms with Crippen LogP contribution in [0.3, 0.4) is 0 Å². The van der Waals surface area contributed by atoms with Gasteiger partial charge in [0.15, 0.2) is 0 Å². The SMILES string of the molecule is COC(=O)c1c(O)c(CCCCl)c(C)c2c1-c1ccccc1C(c1ccc(Br)cc1)C2. The quantitative estimate of drug-likeness (QED) is 0.311. The lowest BCUT2D eigenvalue weighted by molar-refractivity contribution is 0.0598. The molecule has 0 spiro atoms. The van der Waals surface area contributed by atoms with E-state index >= 15 is 0 Å². The van der Waals surface area contributed by atoms with Gasteiger partial charge in [-0.3, -0.25) is 0 Å². The number of esters is 1. The number of hydrogen-bond donors (Lipinski definition) is 1. The molecule has 3 aromatic carbocycles. The molecule has 0 aliphatic heterocycles. The average molecular weight is 500 g/mol. The summed E-state index contributed by atoms with van der Waals surface area (Å²) in [5.74, 6) is 0.155. The van der Waals surface area contributed by atoms with Gasteiger partial charge >= 0.3 is 5.97 Å². The molecule has 160 valence electrons. The first-order chi connectivity index (χ1) is 15.0. The minimum absolute atomic E-state index is 0.0186. The predicted molar refractivity (Wildman–Crippen MR) is 128 cm³/mol. The zero-order chi connectivity index (χ0) is 22.1. The molecule has 4 rings (SSSR count). The van der Waals surface area contributed by atoms with Crippen molar-refractivity contribution in [2.24, 2.45) is 0 Å². The first kappa shape index (κ1) is 21.9. The first-order valence-corrected chi connectivity index (χ1v) is 11.7. The third-order valence-corrected chi connectivity index (χ3v) is 7.01. The summed E-state index contributed by atoms with van der Waals surface area (Å²) >= 11 is 9.46. The fourth-order valence-electron chi connectivity index (χ4n) is 4.71. The number of ether oxygens (including phenoxy) is 1. The third-order valence-electron chi connectivity index (χ3n) is 6.22. The summed E-state index contributed by atoms with van der Waals surface area (Å²) < 4.78 is 6.13. The maximum atomic E-state index is 12.8. The third kappa shape index (κ3) is 3.88. The van der Waals surface area contributed by atoms with Gasteiger partial charge in [0.25, 0.3) is 0 Å². The highest BCUT2D eigenvalue weighted by Crippen LogP contribution is 2.49. The van der Waals surface area contributed by atoms with Gasteiger partial charge in [0, 0.05) is 21.8 Å². The van der Waals surface area contributed by atoms with E-state index in [-0.39, 0.29) is 17.2 Å². The second kappa shape index (κ2) is 9.05. The number of phenolic OH excluding ortho intramolecular Hbond substituents is 1. The average Bonchev–Trinajstić information content (AvgIpc) is 2.79. The largest absolute Gasteiger partial charge is 0.507 e. The van der Waals surface area contributed by atoms with Gasteiger partial charge in [0.05, 0.1) is 7.11 Å². The van der Waals surface area contributed by atoms with Crippen LogP contribution in [-0.2, 0) is 17.6 Å². The lowest BCUT2D eigenvalue weighted by Gasteiger charge is -2.32. The van der Waals surface area contributed by atoms with Crippen molar-refractivity contribution in [3.8, 4) is 16.9 Å². The van der Waals surface area contributed by atoms with E-state index in [1.54, 1.807) is 0 Å². The van der Waals surface area contributed by atoms with E-state index in [2.05, 4.69) is 46.3 Å². The summed E-state index contributed by atoms with van der Waals surface area (Å²) in [4.78, 5) is 12.8. The van der Waals surface area contributed by atoms with Crippen molar-refractivity contribution in [3.05, 3.63) is 86.4 Å². The van der Waals surface area contributed by atoms with E-state index < -0.39 is 5.97 Å². The van der Waals surface area contributed by atoms with Gasteiger partial charge in [-0.1, -0.05) is 52.3 Å². The molecule has 0 fully saturated rings. The maximum absolute atomic E-state index is 12.8. The molecule has 1 aliphatic carbocycles. The Bertz CT molecular complexity index is 1140. The Morgan fingerprint density at radius 3 is 2.58 bits per heavy atom. The zero-order valence-electron chi connectivity index (χ0n) is 17.5. The van der Waals surface area contributed by atoms with E-state index in [0.29, 0.717) is 12.3 Å². The molecular weight excluding hydrogens is 476 g/mol. The summed E-state index contributed by atoms with van der Waals surface area (Å²) in [6.45, 7) is 2.04. The van der Waals surface area contributed by atoms with E-state index in [1.807, 2.05) is 25.1 Å². The number of aromatic hydroxyl groups is 1. The van der Waals surface area contributed by atoms with Crippen LogP contribution >= 0.6 is 27.5 Å². The molecule has 0 heterocycles. The molecule has 0 bridgehead atoms. The van der Waals surface area contributed by atoms with Crippen LogP contribution in [0.5, 0.6) is 5.75 Å². The minimum Gasteiger partial charge on any atom is -0.507 e. The number of methoxy groups -OCH3 is 1. The van der Waals surface area contributed by atoms with E-state index in [0.717, 1.165) is 50.7 Å². The lowest BCUT2D eigenvalue weighted by Crippen LogP contribution is -2.19. The number of benzene rings is 3. The first-order valence-electron chi connectivity index (χ1n) is 10.3. The number of hydrogen-bond acceptors (Lipinski definition) is 3. The lowest BCUT2D eigenvalue weighted by atomic mass is 9.72. The van der Waals surface area contributed by atoms with Crippen molar-refractivity contribution >= 4 is 33.5 Å². The Kier molecular flexibility index (Phi) is 6.40. The summed E-state index contributed by atoms with van der Waals surface area (Å²) in [7, 11) is 1.35. The molecule has 3 nitrogen and oxygen atoms in total. The Balaban J connectivity index is 2.00. The van der Waals surface area contributed by atoms with E-state index in [4.69, 9.17) is 16.3 Å². The number of carbonyl (C=O) groups excluding carboxylic acids is 1. The highest BCUT2D eigenvalue weighted by Gasteiger charge is 2.34. The van der Waals surface area contributed by atoms with Crippen molar-refractivity contribution in [1.29, 1.82) is 0 Å². The zero-order valence-corrected chi connectivity index (χ0v) is 19.9. The fourth-order valence-corrected chi connectivity index (χ4v) is 5.10. The number of carbonyl (C=O) groups is 1. The highest BCUT2D eigenvalue weighted by molar-refractivity contribution is 9.10. The molecule has 1 N–H and O–H groups in total. The fraction of sp³-hybridized carbons (Fsp3) is 0.269. The van der Waals surface area contributed by atoms with Crippen LogP contribution in [0.1, 0.15) is 50.5 Å². The van der Waals surface area contributed by atoms with Gasteiger partial charge in [0.2, 0.25) is 0 Å². The molecule has 1 unspecified atom stereocenters. The molecule has 3 aromatic rings. The number of fused-ring (bicyclic) bond motifs is 3. The molecule has 1 atom stereocenters. The Labute approximate surface area is 196 Å². The molecule has 5 heteroatoms. The monoisotopic (exact) mass is 498 g/mol. The molecule has 0 radical (unpaired) electrons. The van der Waals surface area contributed by atoms with Crippen molar-refractivity contribution in [2.75, 3.05) is 13.0 Å². The van der Waals surface area contributed by atoms with Gasteiger partial charge < -0.3 is 9.84 Å². The summed E-state index contributed by atoms with van der Waals surface area (Å²) in [6, 6.07) is 16.5. The van der Waals surface area contributed by atoms with Crippen LogP contribution in [0.4, 0.5) is 0 Å². The van der Waals surface area contributed by atoms with Crippen LogP contribution in [0.25, 0.3) is 11.1 Å². The van der Waals surface area contributed by atoms with Gasteiger partial charge in [-0.25, -0.2) is 4.79 Å². The van der Waals surface area contributed by atoms with Gasteiger partial charge in [0.1, 0.15) is 11.3 Å². The van der Waals surface area contributed by atoms with Crippen molar-refractivity contribution < 1.29 is 14.6 Å². The molecule has 31 heavy (non-hydrogen) atoms. The highest BCUT2D eigenvalue weighted by atomic mass is 79.9. The van der Waals surface area contributed by atoms with Crippen LogP contribution in [0.15, 0.2) is 53.0 Å². The van der Waals surface area contributed by atoms with Gasteiger partial charge in [-0.05, 0) is 71.7 Å². The minimum atomic E-state index is -0.516. The molecule has 0 aromatic heterocycles. The number of phenols is 1. The molecule has 0 saturated carbocycles. The number of rotatable bonds is 5. The van der Waals surface area contributed by atoms with Crippen LogP contribution in [-0.4, -0.2) is 24.1 Å².